The fraction of sp³-hybridized carbons (Fsp3) is 0.667. The van der Waals surface area contributed by atoms with Crippen LogP contribution < -0.4 is 11.1 Å². The summed E-state index contributed by atoms with van der Waals surface area (Å²) in [5.41, 5.74) is 7.40. The molecule has 0 aromatic heterocycles. The van der Waals surface area contributed by atoms with E-state index in [1.807, 2.05) is 12.1 Å². The van der Waals surface area contributed by atoms with E-state index in [0.29, 0.717) is 23.8 Å². The van der Waals surface area contributed by atoms with Gasteiger partial charge in [-0.1, -0.05) is 12.1 Å². The highest BCUT2D eigenvalue weighted by Gasteiger charge is 2.26. The summed E-state index contributed by atoms with van der Waals surface area (Å²) in [5.74, 6) is 0.926. The van der Waals surface area contributed by atoms with E-state index in [1.165, 1.54) is 12.0 Å². The summed E-state index contributed by atoms with van der Waals surface area (Å²) in [6.07, 6.45) is 7.11. The van der Waals surface area contributed by atoms with Gasteiger partial charge in [0, 0.05) is 12.1 Å². The highest BCUT2D eigenvalue weighted by molar-refractivity contribution is 5.29. The first-order valence-corrected chi connectivity index (χ1v) is 8.62. The van der Waals surface area contributed by atoms with E-state index in [4.69, 9.17) is 10.5 Å². The van der Waals surface area contributed by atoms with E-state index in [9.17, 15) is 5.11 Å². The molecule has 1 aromatic rings. The average Bonchev–Trinajstić information content (AvgIpc) is 2.55. The number of piperidine rings is 1. The lowest BCUT2D eigenvalue weighted by Gasteiger charge is -2.33. The van der Waals surface area contributed by atoms with Crippen molar-refractivity contribution in [1.82, 2.24) is 5.32 Å². The first-order valence-electron chi connectivity index (χ1n) is 8.62. The van der Waals surface area contributed by atoms with Gasteiger partial charge < -0.3 is 20.9 Å². The van der Waals surface area contributed by atoms with E-state index in [1.54, 1.807) is 6.07 Å². The van der Waals surface area contributed by atoms with Gasteiger partial charge in [0.25, 0.3) is 0 Å². The standard InChI is InChI=1S/C18H28N2O2/c19-17-5-2-10-20-18(17)12-22-16-8-6-13(7-9-16)14-3-1-4-15(21)11-14/h1,3-4,11,13,16-18,20-21H,2,5-10,12,19H2/t13-,16+,17?,18-/m0/s1. The van der Waals surface area contributed by atoms with Crippen molar-refractivity contribution in [2.24, 2.45) is 5.73 Å². The van der Waals surface area contributed by atoms with Crippen LogP contribution in [0.15, 0.2) is 24.3 Å². The highest BCUT2D eigenvalue weighted by atomic mass is 16.5. The Hall–Kier alpha value is -1.10. The van der Waals surface area contributed by atoms with Crippen molar-refractivity contribution in [2.75, 3.05) is 13.2 Å². The van der Waals surface area contributed by atoms with Gasteiger partial charge in [0.05, 0.1) is 12.7 Å². The van der Waals surface area contributed by atoms with E-state index in [2.05, 4.69) is 11.4 Å². The maximum Gasteiger partial charge on any atom is 0.115 e. The van der Waals surface area contributed by atoms with Crippen LogP contribution in [-0.4, -0.2) is 36.4 Å². The summed E-state index contributed by atoms with van der Waals surface area (Å²) in [4.78, 5) is 0. The zero-order valence-electron chi connectivity index (χ0n) is 13.2. The number of benzene rings is 1. The van der Waals surface area contributed by atoms with Crippen molar-refractivity contribution < 1.29 is 9.84 Å². The Morgan fingerprint density at radius 3 is 2.73 bits per heavy atom. The zero-order valence-corrected chi connectivity index (χ0v) is 13.2. The number of phenols is 1. The van der Waals surface area contributed by atoms with Gasteiger partial charge in [-0.2, -0.15) is 0 Å². The van der Waals surface area contributed by atoms with Gasteiger partial charge in [-0.25, -0.2) is 0 Å². The molecule has 2 fully saturated rings. The number of hydrogen-bond acceptors (Lipinski definition) is 4. The van der Waals surface area contributed by atoms with Crippen LogP contribution in [-0.2, 0) is 4.74 Å². The number of nitrogens with one attached hydrogen (secondary N) is 1. The predicted molar refractivity (Wildman–Crippen MR) is 88.1 cm³/mol. The van der Waals surface area contributed by atoms with Crippen molar-refractivity contribution in [3.63, 3.8) is 0 Å². The van der Waals surface area contributed by atoms with Gasteiger partial charge in [0.2, 0.25) is 0 Å². The van der Waals surface area contributed by atoms with Crippen molar-refractivity contribution in [1.29, 1.82) is 0 Å². The van der Waals surface area contributed by atoms with E-state index < -0.39 is 0 Å². The minimum atomic E-state index is 0.234. The number of ether oxygens (including phenoxy) is 1. The third kappa shape index (κ3) is 4.00. The van der Waals surface area contributed by atoms with Crippen LogP contribution in [0.25, 0.3) is 0 Å². The average molecular weight is 304 g/mol. The molecule has 4 nitrogen and oxygen atoms in total. The van der Waals surface area contributed by atoms with Crippen molar-refractivity contribution >= 4 is 0 Å². The number of hydrogen-bond donors (Lipinski definition) is 3. The smallest absolute Gasteiger partial charge is 0.115 e. The molecule has 22 heavy (non-hydrogen) atoms. The first-order chi connectivity index (χ1) is 10.7. The Morgan fingerprint density at radius 2 is 2.00 bits per heavy atom. The molecule has 2 atom stereocenters. The molecule has 2 aliphatic rings. The van der Waals surface area contributed by atoms with E-state index in [-0.39, 0.29) is 6.04 Å². The van der Waals surface area contributed by atoms with Crippen LogP contribution in [0.1, 0.15) is 50.0 Å². The molecule has 1 unspecified atom stereocenters. The van der Waals surface area contributed by atoms with Crippen molar-refractivity contribution in [3.8, 4) is 5.75 Å². The predicted octanol–water partition coefficient (Wildman–Crippen LogP) is 2.51. The molecule has 0 bridgehead atoms. The van der Waals surface area contributed by atoms with E-state index >= 15 is 0 Å². The maximum absolute atomic E-state index is 9.61. The Balaban J connectivity index is 1.44. The molecule has 1 aromatic carbocycles. The Kier molecular flexibility index (Phi) is 5.34. The minimum absolute atomic E-state index is 0.234. The second kappa shape index (κ2) is 7.44. The molecule has 3 rings (SSSR count). The summed E-state index contributed by atoms with van der Waals surface area (Å²) in [5, 5.41) is 13.1. The molecule has 0 amide bonds. The third-order valence-electron chi connectivity index (χ3n) is 5.16. The Labute approximate surface area is 133 Å². The topological polar surface area (TPSA) is 67.5 Å². The van der Waals surface area contributed by atoms with Crippen LogP contribution in [0.3, 0.4) is 0 Å². The molecule has 1 aliphatic heterocycles. The van der Waals surface area contributed by atoms with Crippen LogP contribution in [0, 0.1) is 0 Å². The molecule has 122 valence electrons. The van der Waals surface area contributed by atoms with Crippen LogP contribution in [0.4, 0.5) is 0 Å². The quantitative estimate of drug-likeness (QED) is 0.799. The summed E-state index contributed by atoms with van der Waals surface area (Å²) < 4.78 is 6.11. The monoisotopic (exact) mass is 304 g/mol. The lowest BCUT2D eigenvalue weighted by atomic mass is 9.82. The van der Waals surface area contributed by atoms with E-state index in [0.717, 1.165) is 45.3 Å². The lowest BCUT2D eigenvalue weighted by molar-refractivity contribution is 0.00619. The Morgan fingerprint density at radius 1 is 1.18 bits per heavy atom. The van der Waals surface area contributed by atoms with Gasteiger partial charge >= 0.3 is 0 Å². The number of phenolic OH excluding ortho intramolecular Hbond substituents is 1. The number of aromatic hydroxyl groups is 1. The molecule has 1 aliphatic carbocycles. The summed E-state index contributed by atoms with van der Waals surface area (Å²) in [6.45, 7) is 1.80. The molecule has 0 radical (unpaired) electrons. The zero-order chi connectivity index (χ0) is 15.4. The molecular formula is C18H28N2O2. The largest absolute Gasteiger partial charge is 0.508 e. The summed E-state index contributed by atoms with van der Waals surface area (Å²) >= 11 is 0. The third-order valence-corrected chi connectivity index (χ3v) is 5.16. The molecular weight excluding hydrogens is 276 g/mol. The Bertz CT molecular complexity index is 472. The maximum atomic E-state index is 9.61. The SMILES string of the molecule is NC1CCCN[C@H]1CO[C@H]1CC[C@@H](c2cccc(O)c2)CC1. The molecule has 1 saturated carbocycles. The van der Waals surface area contributed by atoms with Gasteiger partial charge in [-0.15, -0.1) is 0 Å². The van der Waals surface area contributed by atoms with Crippen molar-refractivity contribution in [3.05, 3.63) is 29.8 Å². The van der Waals surface area contributed by atoms with Crippen LogP contribution in [0.2, 0.25) is 0 Å². The summed E-state index contributed by atoms with van der Waals surface area (Å²) in [6, 6.07) is 8.24. The van der Waals surface area contributed by atoms with Crippen molar-refractivity contribution in [2.45, 2.75) is 62.6 Å². The van der Waals surface area contributed by atoms with Crippen LogP contribution in [0.5, 0.6) is 5.75 Å². The van der Waals surface area contributed by atoms with Gasteiger partial charge in [0.15, 0.2) is 0 Å². The lowest BCUT2D eigenvalue weighted by Crippen LogP contribution is -2.52. The number of nitrogens with two attached hydrogens (primary N) is 1. The molecule has 1 heterocycles. The second-order valence-corrected chi connectivity index (χ2v) is 6.77. The first kappa shape index (κ1) is 15.8. The molecule has 4 heteroatoms. The molecule has 4 N–H and O–H groups in total. The highest BCUT2D eigenvalue weighted by Crippen LogP contribution is 2.35. The number of rotatable bonds is 4. The second-order valence-electron chi connectivity index (χ2n) is 6.77. The molecule has 0 spiro atoms. The summed E-state index contributed by atoms with van der Waals surface area (Å²) in [7, 11) is 0. The van der Waals surface area contributed by atoms with Gasteiger partial charge in [-0.05, 0) is 68.7 Å². The van der Waals surface area contributed by atoms with Gasteiger partial charge in [-0.3, -0.25) is 0 Å². The fourth-order valence-electron chi connectivity index (χ4n) is 3.74. The van der Waals surface area contributed by atoms with Crippen LogP contribution >= 0.6 is 0 Å². The van der Waals surface area contributed by atoms with Gasteiger partial charge in [0.1, 0.15) is 5.75 Å². The molecule has 1 saturated heterocycles. The fourth-order valence-corrected chi connectivity index (χ4v) is 3.74. The normalized spacial score (nSPS) is 32.8. The minimum Gasteiger partial charge on any atom is -0.508 e.